The van der Waals surface area contributed by atoms with Gasteiger partial charge in [0.15, 0.2) is 0 Å². The molecule has 1 saturated heterocycles. The largest absolute Gasteiger partial charge is 0.481 e. The maximum absolute atomic E-state index is 11.3. The van der Waals surface area contributed by atoms with Gasteiger partial charge in [-0.2, -0.15) is 0 Å². The average molecular weight is 264 g/mol. The number of non-ortho nitro benzene ring substituents is 1. The number of carboxylic acid groups (broad SMARTS) is 1. The zero-order valence-corrected chi connectivity index (χ0v) is 10.7. The van der Waals surface area contributed by atoms with Gasteiger partial charge in [0.25, 0.3) is 5.69 Å². The maximum Gasteiger partial charge on any atom is 0.311 e. The summed E-state index contributed by atoms with van der Waals surface area (Å²) < 4.78 is 0. The van der Waals surface area contributed by atoms with Gasteiger partial charge >= 0.3 is 5.97 Å². The summed E-state index contributed by atoms with van der Waals surface area (Å²) in [5, 5.41) is 20.0. The predicted octanol–water partition coefficient (Wildman–Crippen LogP) is 2.29. The van der Waals surface area contributed by atoms with E-state index in [9.17, 15) is 20.0 Å². The highest BCUT2D eigenvalue weighted by atomic mass is 16.6. The predicted molar refractivity (Wildman–Crippen MR) is 70.3 cm³/mol. The van der Waals surface area contributed by atoms with E-state index in [1.165, 1.54) is 12.1 Å². The number of rotatable bonds is 3. The molecule has 1 atom stereocenters. The van der Waals surface area contributed by atoms with Crippen molar-refractivity contribution < 1.29 is 14.8 Å². The number of aliphatic carboxylic acids is 1. The molecule has 6 heteroatoms. The molecule has 6 nitrogen and oxygen atoms in total. The standard InChI is InChI=1S/C13H16N2O4/c1-13(12(16)17)6-3-7-14(9-13)10-4-2-5-11(8-10)15(18)19/h2,4-5,8H,3,6-7,9H2,1H3,(H,16,17). The van der Waals surface area contributed by atoms with Crippen LogP contribution in [0.5, 0.6) is 0 Å². The second-order valence-electron chi connectivity index (χ2n) is 5.17. The molecule has 19 heavy (non-hydrogen) atoms. The van der Waals surface area contributed by atoms with Crippen molar-refractivity contribution in [2.45, 2.75) is 19.8 Å². The number of benzene rings is 1. The van der Waals surface area contributed by atoms with Crippen molar-refractivity contribution in [1.82, 2.24) is 0 Å². The number of anilines is 1. The third-order valence-corrected chi connectivity index (χ3v) is 3.62. The van der Waals surface area contributed by atoms with Gasteiger partial charge in [-0.05, 0) is 25.8 Å². The quantitative estimate of drug-likeness (QED) is 0.668. The fraction of sp³-hybridized carbons (Fsp3) is 0.462. The maximum atomic E-state index is 11.3. The second kappa shape index (κ2) is 4.87. The number of hydrogen-bond donors (Lipinski definition) is 1. The summed E-state index contributed by atoms with van der Waals surface area (Å²) in [5.74, 6) is -0.817. The first kappa shape index (κ1) is 13.3. The van der Waals surface area contributed by atoms with Gasteiger partial charge in [0, 0.05) is 30.9 Å². The zero-order valence-electron chi connectivity index (χ0n) is 10.7. The molecule has 0 aliphatic carbocycles. The van der Waals surface area contributed by atoms with E-state index >= 15 is 0 Å². The third kappa shape index (κ3) is 2.67. The van der Waals surface area contributed by atoms with E-state index < -0.39 is 16.3 Å². The van der Waals surface area contributed by atoms with E-state index in [2.05, 4.69) is 0 Å². The Morgan fingerprint density at radius 2 is 2.26 bits per heavy atom. The summed E-state index contributed by atoms with van der Waals surface area (Å²) in [6, 6.07) is 6.33. The minimum atomic E-state index is -0.817. The average Bonchev–Trinajstić information content (AvgIpc) is 2.39. The van der Waals surface area contributed by atoms with Crippen molar-refractivity contribution in [3.63, 3.8) is 0 Å². The van der Waals surface area contributed by atoms with Crippen LogP contribution in [0, 0.1) is 15.5 Å². The summed E-state index contributed by atoms with van der Waals surface area (Å²) in [6.45, 7) is 2.83. The number of carbonyl (C=O) groups is 1. The first-order valence-electron chi connectivity index (χ1n) is 6.15. The fourth-order valence-corrected chi connectivity index (χ4v) is 2.44. The smallest absolute Gasteiger partial charge is 0.311 e. The molecule has 1 aromatic carbocycles. The summed E-state index contributed by atoms with van der Waals surface area (Å²) in [6.07, 6.45) is 1.40. The first-order valence-corrected chi connectivity index (χ1v) is 6.15. The van der Waals surface area contributed by atoms with Crippen molar-refractivity contribution in [3.8, 4) is 0 Å². The van der Waals surface area contributed by atoms with E-state index in [4.69, 9.17) is 0 Å². The Morgan fingerprint density at radius 3 is 2.89 bits per heavy atom. The Balaban J connectivity index is 2.24. The van der Waals surface area contributed by atoms with Crippen LogP contribution in [0.3, 0.4) is 0 Å². The highest BCUT2D eigenvalue weighted by Crippen LogP contribution is 2.33. The molecule has 0 bridgehead atoms. The minimum absolute atomic E-state index is 0.0279. The van der Waals surface area contributed by atoms with Crippen molar-refractivity contribution in [3.05, 3.63) is 34.4 Å². The molecule has 1 aliphatic rings. The Hall–Kier alpha value is -2.11. The molecule has 0 radical (unpaired) electrons. The molecular formula is C13H16N2O4. The van der Waals surface area contributed by atoms with E-state index in [0.717, 1.165) is 13.0 Å². The van der Waals surface area contributed by atoms with Crippen LogP contribution in [-0.2, 0) is 4.79 Å². The van der Waals surface area contributed by atoms with Gasteiger partial charge in [-0.1, -0.05) is 6.07 Å². The van der Waals surface area contributed by atoms with E-state index in [1.807, 2.05) is 4.90 Å². The van der Waals surface area contributed by atoms with Crippen LogP contribution < -0.4 is 4.90 Å². The van der Waals surface area contributed by atoms with E-state index in [-0.39, 0.29) is 5.69 Å². The van der Waals surface area contributed by atoms with Crippen LogP contribution in [0.1, 0.15) is 19.8 Å². The Morgan fingerprint density at radius 1 is 1.53 bits per heavy atom. The number of nitrogens with zero attached hydrogens (tertiary/aromatic N) is 2. The number of nitro benzene ring substituents is 1. The van der Waals surface area contributed by atoms with Crippen molar-refractivity contribution in [1.29, 1.82) is 0 Å². The van der Waals surface area contributed by atoms with Gasteiger partial charge in [-0.3, -0.25) is 14.9 Å². The molecule has 1 N–H and O–H groups in total. The Kier molecular flexibility index (Phi) is 3.42. The first-order chi connectivity index (χ1) is 8.92. The van der Waals surface area contributed by atoms with Gasteiger partial charge < -0.3 is 10.0 Å². The van der Waals surface area contributed by atoms with E-state index in [1.54, 1.807) is 19.1 Å². The van der Waals surface area contributed by atoms with Crippen LogP contribution in [0.2, 0.25) is 0 Å². The molecule has 0 aromatic heterocycles. The van der Waals surface area contributed by atoms with Crippen LogP contribution in [0.25, 0.3) is 0 Å². The highest BCUT2D eigenvalue weighted by Gasteiger charge is 2.38. The van der Waals surface area contributed by atoms with Crippen LogP contribution >= 0.6 is 0 Å². The van der Waals surface area contributed by atoms with Crippen LogP contribution in [0.4, 0.5) is 11.4 Å². The molecule has 1 aliphatic heterocycles. The van der Waals surface area contributed by atoms with Crippen LogP contribution in [-0.4, -0.2) is 29.1 Å². The summed E-state index contributed by atoms with van der Waals surface area (Å²) in [4.78, 5) is 23.5. The monoisotopic (exact) mass is 264 g/mol. The molecule has 1 fully saturated rings. The summed E-state index contributed by atoms with van der Waals surface area (Å²) in [5.41, 5.74) is -0.0513. The topological polar surface area (TPSA) is 83.7 Å². The lowest BCUT2D eigenvalue weighted by molar-refractivity contribution is -0.384. The highest BCUT2D eigenvalue weighted by molar-refractivity contribution is 5.75. The third-order valence-electron chi connectivity index (χ3n) is 3.62. The van der Waals surface area contributed by atoms with Gasteiger partial charge in [0.05, 0.1) is 10.3 Å². The molecule has 0 amide bonds. The van der Waals surface area contributed by atoms with Crippen LogP contribution in [0.15, 0.2) is 24.3 Å². The molecule has 0 saturated carbocycles. The van der Waals surface area contributed by atoms with Gasteiger partial charge in [0.1, 0.15) is 0 Å². The molecular weight excluding hydrogens is 248 g/mol. The fourth-order valence-electron chi connectivity index (χ4n) is 2.44. The van der Waals surface area contributed by atoms with E-state index in [0.29, 0.717) is 18.7 Å². The van der Waals surface area contributed by atoms with Crippen molar-refractivity contribution in [2.24, 2.45) is 5.41 Å². The van der Waals surface area contributed by atoms with Crippen molar-refractivity contribution in [2.75, 3.05) is 18.0 Å². The number of piperidine rings is 1. The number of nitro groups is 1. The second-order valence-corrected chi connectivity index (χ2v) is 5.17. The zero-order chi connectivity index (χ0) is 14.0. The van der Waals surface area contributed by atoms with Crippen molar-refractivity contribution >= 4 is 17.3 Å². The molecule has 1 aromatic rings. The Labute approximate surface area is 110 Å². The lowest BCUT2D eigenvalue weighted by atomic mass is 9.82. The molecule has 2 rings (SSSR count). The SMILES string of the molecule is CC1(C(=O)O)CCCN(c2cccc([N+](=O)[O-])c2)C1. The number of carboxylic acids is 1. The minimum Gasteiger partial charge on any atom is -0.481 e. The summed E-state index contributed by atoms with van der Waals surface area (Å²) >= 11 is 0. The molecule has 1 heterocycles. The van der Waals surface area contributed by atoms with Gasteiger partial charge in [0.2, 0.25) is 0 Å². The molecule has 1 unspecified atom stereocenters. The summed E-state index contributed by atoms with van der Waals surface area (Å²) in [7, 11) is 0. The normalized spacial score (nSPS) is 23.1. The number of hydrogen-bond acceptors (Lipinski definition) is 4. The lowest BCUT2D eigenvalue weighted by Gasteiger charge is -2.38. The Bertz CT molecular complexity index is 517. The molecule has 102 valence electrons. The van der Waals surface area contributed by atoms with Gasteiger partial charge in [-0.15, -0.1) is 0 Å². The van der Waals surface area contributed by atoms with Gasteiger partial charge in [-0.25, -0.2) is 0 Å². The lowest BCUT2D eigenvalue weighted by Crippen LogP contribution is -2.46. The molecule has 0 spiro atoms.